The smallest absolute Gasteiger partial charge is 0.243 e. The lowest BCUT2D eigenvalue weighted by Crippen LogP contribution is -2.49. The second-order valence-electron chi connectivity index (χ2n) is 7.80. The number of benzene rings is 1. The molecule has 0 aromatic heterocycles. The number of nitrogens with zero attached hydrogens (tertiary/aromatic N) is 3. The Morgan fingerprint density at radius 1 is 1.11 bits per heavy atom. The van der Waals surface area contributed by atoms with Crippen LogP contribution < -0.4 is 5.32 Å². The summed E-state index contributed by atoms with van der Waals surface area (Å²) in [7, 11) is -3.52. The van der Waals surface area contributed by atoms with E-state index in [4.69, 9.17) is 0 Å². The summed E-state index contributed by atoms with van der Waals surface area (Å²) in [4.78, 5) is 14.7. The number of hydrogen-bond acceptors (Lipinski definition) is 5. The molecule has 2 fully saturated rings. The molecule has 0 radical (unpaired) electrons. The van der Waals surface area contributed by atoms with Crippen LogP contribution in [-0.4, -0.2) is 61.8 Å². The molecule has 1 aliphatic carbocycles. The number of hydrogen-bond donors (Lipinski definition) is 1. The van der Waals surface area contributed by atoms with Gasteiger partial charge < -0.3 is 5.32 Å². The van der Waals surface area contributed by atoms with E-state index in [0.717, 1.165) is 18.4 Å². The lowest BCUT2D eigenvalue weighted by molar-refractivity contribution is -0.123. The van der Waals surface area contributed by atoms with Crippen molar-refractivity contribution in [3.63, 3.8) is 0 Å². The lowest BCUT2D eigenvalue weighted by atomic mass is 10.00. The monoisotopic (exact) mass is 404 g/mol. The molecule has 0 atom stereocenters. The van der Waals surface area contributed by atoms with E-state index in [1.165, 1.54) is 4.31 Å². The van der Waals surface area contributed by atoms with Gasteiger partial charge in [0.2, 0.25) is 15.9 Å². The first kappa shape index (κ1) is 20.8. The summed E-state index contributed by atoms with van der Waals surface area (Å²) < 4.78 is 27.3. The van der Waals surface area contributed by atoms with Crippen LogP contribution in [0, 0.1) is 18.3 Å². The number of nitriles is 1. The first-order valence-electron chi connectivity index (χ1n) is 9.86. The van der Waals surface area contributed by atoms with Gasteiger partial charge in [-0.3, -0.25) is 9.69 Å². The summed E-state index contributed by atoms with van der Waals surface area (Å²) in [5.74, 6) is -0.154. The third kappa shape index (κ3) is 4.72. The number of nitrogens with one attached hydrogen (secondary N) is 1. The van der Waals surface area contributed by atoms with Crippen LogP contribution in [0.1, 0.15) is 37.7 Å². The first-order chi connectivity index (χ1) is 13.3. The van der Waals surface area contributed by atoms with Crippen molar-refractivity contribution >= 4 is 15.9 Å². The Labute approximate surface area is 167 Å². The van der Waals surface area contributed by atoms with Crippen molar-refractivity contribution in [3.8, 4) is 6.07 Å². The van der Waals surface area contributed by atoms with Gasteiger partial charge in [-0.15, -0.1) is 0 Å². The van der Waals surface area contributed by atoms with Crippen molar-refractivity contribution in [1.82, 2.24) is 14.5 Å². The fourth-order valence-electron chi connectivity index (χ4n) is 3.96. The minimum atomic E-state index is -3.52. The van der Waals surface area contributed by atoms with Crippen molar-refractivity contribution in [3.05, 3.63) is 29.8 Å². The standard InChI is InChI=1S/C20H28N4O3S/c1-17-5-7-18(8-6-17)28(26,27)24-12-4-11-23(13-14-24)15-19(25)22-20(16-21)9-2-3-10-20/h5-8H,2-4,9-15H2,1H3,(H,22,25). The zero-order valence-electron chi connectivity index (χ0n) is 16.4. The third-order valence-electron chi connectivity index (χ3n) is 5.62. The van der Waals surface area contributed by atoms with E-state index >= 15 is 0 Å². The predicted molar refractivity (Wildman–Crippen MR) is 106 cm³/mol. The van der Waals surface area contributed by atoms with Gasteiger partial charge in [0.05, 0.1) is 17.5 Å². The molecular formula is C20H28N4O3S. The summed E-state index contributed by atoms with van der Waals surface area (Å²) in [5, 5.41) is 12.3. The molecule has 1 saturated heterocycles. The summed E-state index contributed by atoms with van der Waals surface area (Å²) in [6, 6.07) is 9.16. The Balaban J connectivity index is 1.58. The maximum atomic E-state index is 12.9. The highest BCUT2D eigenvalue weighted by Crippen LogP contribution is 2.28. The van der Waals surface area contributed by atoms with Gasteiger partial charge >= 0.3 is 0 Å². The zero-order chi connectivity index (χ0) is 20.2. The third-order valence-corrected chi connectivity index (χ3v) is 7.54. The van der Waals surface area contributed by atoms with E-state index in [-0.39, 0.29) is 12.5 Å². The molecule has 1 aromatic rings. The van der Waals surface area contributed by atoms with Crippen LogP contribution in [0.25, 0.3) is 0 Å². The zero-order valence-corrected chi connectivity index (χ0v) is 17.2. The number of carbonyl (C=O) groups is 1. The number of carbonyl (C=O) groups excluding carboxylic acids is 1. The normalized spacial score (nSPS) is 21.0. The van der Waals surface area contributed by atoms with Crippen LogP contribution in [-0.2, 0) is 14.8 Å². The molecular weight excluding hydrogens is 376 g/mol. The van der Waals surface area contributed by atoms with Crippen molar-refractivity contribution in [2.24, 2.45) is 0 Å². The van der Waals surface area contributed by atoms with E-state index in [1.54, 1.807) is 24.3 Å². The van der Waals surface area contributed by atoms with Gasteiger partial charge in [-0.25, -0.2) is 8.42 Å². The molecule has 1 aromatic carbocycles. The maximum Gasteiger partial charge on any atom is 0.243 e. The Hall–Kier alpha value is -1.95. The Morgan fingerprint density at radius 3 is 2.43 bits per heavy atom. The molecule has 0 spiro atoms. The molecule has 0 unspecified atom stereocenters. The van der Waals surface area contributed by atoms with Gasteiger partial charge in [-0.1, -0.05) is 17.7 Å². The van der Waals surface area contributed by atoms with Crippen molar-refractivity contribution < 1.29 is 13.2 Å². The molecule has 3 rings (SSSR count). The fraction of sp³-hybridized carbons (Fsp3) is 0.600. The van der Waals surface area contributed by atoms with E-state index < -0.39 is 15.6 Å². The van der Waals surface area contributed by atoms with E-state index in [0.29, 0.717) is 50.3 Å². The summed E-state index contributed by atoms with van der Waals surface area (Å²) in [6.07, 6.45) is 4.00. The molecule has 7 nitrogen and oxygen atoms in total. The quantitative estimate of drug-likeness (QED) is 0.805. The van der Waals surface area contributed by atoms with Crippen LogP contribution in [0.15, 0.2) is 29.2 Å². The van der Waals surface area contributed by atoms with Gasteiger partial charge in [-0.05, 0) is 57.7 Å². The highest BCUT2D eigenvalue weighted by molar-refractivity contribution is 7.89. The Bertz CT molecular complexity index is 839. The minimum absolute atomic E-state index is 0.154. The second-order valence-corrected chi connectivity index (χ2v) is 9.73. The maximum absolute atomic E-state index is 12.9. The molecule has 152 valence electrons. The van der Waals surface area contributed by atoms with Gasteiger partial charge in [0.1, 0.15) is 5.54 Å². The summed E-state index contributed by atoms with van der Waals surface area (Å²) in [6.45, 7) is 4.07. The number of amides is 1. The van der Waals surface area contributed by atoms with E-state index in [2.05, 4.69) is 11.4 Å². The molecule has 0 bridgehead atoms. The first-order valence-corrected chi connectivity index (χ1v) is 11.3. The summed E-state index contributed by atoms with van der Waals surface area (Å²) in [5.41, 5.74) is 0.299. The van der Waals surface area contributed by atoms with Crippen molar-refractivity contribution in [2.75, 3.05) is 32.7 Å². The second kappa shape index (κ2) is 8.60. The topological polar surface area (TPSA) is 93.5 Å². The highest BCUT2D eigenvalue weighted by atomic mass is 32.2. The molecule has 1 saturated carbocycles. The molecule has 1 amide bonds. The van der Waals surface area contributed by atoms with Gasteiger partial charge in [-0.2, -0.15) is 9.57 Å². The number of sulfonamides is 1. The molecule has 28 heavy (non-hydrogen) atoms. The predicted octanol–water partition coefficient (Wildman–Crippen LogP) is 1.64. The highest BCUT2D eigenvalue weighted by Gasteiger charge is 2.36. The van der Waals surface area contributed by atoms with E-state index in [1.807, 2.05) is 11.8 Å². The SMILES string of the molecule is Cc1ccc(S(=O)(=O)N2CCCN(CC(=O)NC3(C#N)CCCC3)CC2)cc1. The minimum Gasteiger partial charge on any atom is -0.337 e. The molecule has 1 aliphatic heterocycles. The van der Waals surface area contributed by atoms with Crippen molar-refractivity contribution in [1.29, 1.82) is 5.26 Å². The lowest BCUT2D eigenvalue weighted by Gasteiger charge is -2.25. The van der Waals surface area contributed by atoms with Gasteiger partial charge in [0.25, 0.3) is 0 Å². The molecule has 2 aliphatic rings. The van der Waals surface area contributed by atoms with Gasteiger partial charge in [0.15, 0.2) is 0 Å². The average molecular weight is 405 g/mol. The van der Waals surface area contributed by atoms with Gasteiger partial charge in [0, 0.05) is 19.6 Å². The summed E-state index contributed by atoms with van der Waals surface area (Å²) >= 11 is 0. The number of rotatable bonds is 5. The Kier molecular flexibility index (Phi) is 6.38. The van der Waals surface area contributed by atoms with Crippen LogP contribution in [0.2, 0.25) is 0 Å². The molecule has 1 heterocycles. The Morgan fingerprint density at radius 2 is 1.79 bits per heavy atom. The van der Waals surface area contributed by atoms with Crippen LogP contribution >= 0.6 is 0 Å². The van der Waals surface area contributed by atoms with Crippen LogP contribution in [0.3, 0.4) is 0 Å². The largest absolute Gasteiger partial charge is 0.337 e. The fourth-order valence-corrected chi connectivity index (χ4v) is 5.43. The average Bonchev–Trinajstić information content (AvgIpc) is 3.00. The van der Waals surface area contributed by atoms with E-state index in [9.17, 15) is 18.5 Å². The molecule has 8 heteroatoms. The van der Waals surface area contributed by atoms with Crippen LogP contribution in [0.5, 0.6) is 0 Å². The number of aryl methyl sites for hydroxylation is 1. The van der Waals surface area contributed by atoms with Crippen molar-refractivity contribution in [2.45, 2.75) is 49.5 Å². The molecule has 1 N–H and O–H groups in total. The van der Waals surface area contributed by atoms with Crippen LogP contribution in [0.4, 0.5) is 0 Å².